The molecular weight excluding hydrogens is 252 g/mol. The second kappa shape index (κ2) is 5.10. The van der Waals surface area contributed by atoms with Crippen LogP contribution in [0.5, 0.6) is 0 Å². The molecule has 1 aliphatic heterocycles. The first-order valence-corrected chi connectivity index (χ1v) is 6.38. The van der Waals surface area contributed by atoms with Crippen molar-refractivity contribution in [3.05, 3.63) is 16.3 Å². The van der Waals surface area contributed by atoms with Crippen LogP contribution >= 0.6 is 11.6 Å². The molecule has 1 aliphatic rings. The number of nitrogens with zero attached hydrogens (tertiary/aromatic N) is 3. The highest BCUT2D eigenvalue weighted by Crippen LogP contribution is 2.26. The Labute approximate surface area is 112 Å². The number of amides is 1. The lowest BCUT2D eigenvalue weighted by Crippen LogP contribution is -2.35. The number of halogens is 1. The smallest absolute Gasteiger partial charge is 0.217 e. The molecule has 0 aliphatic carbocycles. The molecule has 0 spiro atoms. The van der Waals surface area contributed by atoms with Gasteiger partial charge in [0.1, 0.15) is 0 Å². The quantitative estimate of drug-likeness (QED) is 0.882. The SMILES string of the molecule is CC(=O)NC1CCN(c2nnc(Cl)c(C)c2C)C1. The van der Waals surface area contributed by atoms with Crippen molar-refractivity contribution in [1.29, 1.82) is 0 Å². The highest BCUT2D eigenvalue weighted by atomic mass is 35.5. The van der Waals surface area contributed by atoms with Crippen LogP contribution in [0.25, 0.3) is 0 Å². The summed E-state index contributed by atoms with van der Waals surface area (Å²) < 4.78 is 0. The predicted molar refractivity (Wildman–Crippen MR) is 71.0 cm³/mol. The lowest BCUT2D eigenvalue weighted by Gasteiger charge is -2.20. The summed E-state index contributed by atoms with van der Waals surface area (Å²) in [4.78, 5) is 13.2. The molecule has 98 valence electrons. The molecule has 6 heteroatoms. The summed E-state index contributed by atoms with van der Waals surface area (Å²) in [6.07, 6.45) is 0.933. The Kier molecular flexibility index (Phi) is 3.71. The summed E-state index contributed by atoms with van der Waals surface area (Å²) in [7, 11) is 0. The third kappa shape index (κ3) is 2.56. The Balaban J connectivity index is 2.15. The Bertz CT molecular complexity index is 477. The Morgan fingerprint density at radius 3 is 2.78 bits per heavy atom. The zero-order valence-electron chi connectivity index (χ0n) is 10.8. The number of anilines is 1. The van der Waals surface area contributed by atoms with Crippen LogP contribution in [0.1, 0.15) is 24.5 Å². The van der Waals surface area contributed by atoms with Crippen LogP contribution in [-0.2, 0) is 4.79 Å². The van der Waals surface area contributed by atoms with Gasteiger partial charge in [-0.2, -0.15) is 0 Å². The van der Waals surface area contributed by atoms with Gasteiger partial charge in [0.05, 0.1) is 0 Å². The van der Waals surface area contributed by atoms with Crippen molar-refractivity contribution in [3.8, 4) is 0 Å². The largest absolute Gasteiger partial charge is 0.353 e. The molecule has 1 N–H and O–H groups in total. The molecule has 2 heterocycles. The van der Waals surface area contributed by atoms with Crippen LogP contribution < -0.4 is 10.2 Å². The van der Waals surface area contributed by atoms with E-state index in [-0.39, 0.29) is 11.9 Å². The third-order valence-corrected chi connectivity index (χ3v) is 3.69. The van der Waals surface area contributed by atoms with Crippen LogP contribution in [-0.4, -0.2) is 35.2 Å². The molecule has 2 rings (SSSR count). The van der Waals surface area contributed by atoms with Gasteiger partial charge in [0.25, 0.3) is 0 Å². The van der Waals surface area contributed by atoms with E-state index in [0.29, 0.717) is 5.15 Å². The number of carbonyl (C=O) groups is 1. The first-order valence-electron chi connectivity index (χ1n) is 6.00. The summed E-state index contributed by atoms with van der Waals surface area (Å²) in [5.41, 5.74) is 2.02. The maximum Gasteiger partial charge on any atom is 0.217 e. The third-order valence-electron chi connectivity index (χ3n) is 3.34. The molecule has 1 fully saturated rings. The number of hydrogen-bond donors (Lipinski definition) is 1. The minimum atomic E-state index is 0.0111. The van der Waals surface area contributed by atoms with Gasteiger partial charge < -0.3 is 10.2 Å². The standard InChI is InChI=1S/C12H17ClN4O/c1-7-8(2)12(16-15-11(7)13)17-5-4-10(6-17)14-9(3)18/h10H,4-6H2,1-3H3,(H,14,18). The fourth-order valence-electron chi connectivity index (χ4n) is 2.22. The van der Waals surface area contributed by atoms with E-state index < -0.39 is 0 Å². The van der Waals surface area contributed by atoms with Crippen LogP contribution in [0, 0.1) is 13.8 Å². The molecule has 0 saturated carbocycles. The van der Waals surface area contributed by atoms with Crippen molar-refractivity contribution in [2.45, 2.75) is 33.2 Å². The average molecular weight is 269 g/mol. The van der Waals surface area contributed by atoms with E-state index in [1.807, 2.05) is 13.8 Å². The lowest BCUT2D eigenvalue weighted by atomic mass is 10.2. The monoisotopic (exact) mass is 268 g/mol. The molecule has 1 aromatic heterocycles. The van der Waals surface area contributed by atoms with Gasteiger partial charge in [-0.1, -0.05) is 11.6 Å². The van der Waals surface area contributed by atoms with Crippen LogP contribution in [0.4, 0.5) is 5.82 Å². The van der Waals surface area contributed by atoms with Crippen molar-refractivity contribution in [3.63, 3.8) is 0 Å². The second-order valence-corrected chi connectivity index (χ2v) is 5.05. The first kappa shape index (κ1) is 13.1. The molecule has 18 heavy (non-hydrogen) atoms. The molecule has 0 bridgehead atoms. The molecule has 1 unspecified atom stereocenters. The molecule has 0 radical (unpaired) electrons. The summed E-state index contributed by atoms with van der Waals surface area (Å²) in [5, 5.41) is 11.5. The number of hydrogen-bond acceptors (Lipinski definition) is 4. The van der Waals surface area contributed by atoms with E-state index in [1.165, 1.54) is 0 Å². The predicted octanol–water partition coefficient (Wildman–Crippen LogP) is 1.46. The highest BCUT2D eigenvalue weighted by molar-refractivity contribution is 6.30. The van der Waals surface area contributed by atoms with Gasteiger partial charge in [0.15, 0.2) is 11.0 Å². The zero-order valence-corrected chi connectivity index (χ0v) is 11.6. The molecule has 1 saturated heterocycles. The summed E-state index contributed by atoms with van der Waals surface area (Å²) in [5.74, 6) is 0.877. The van der Waals surface area contributed by atoms with Gasteiger partial charge in [0.2, 0.25) is 5.91 Å². The van der Waals surface area contributed by atoms with Gasteiger partial charge in [-0.15, -0.1) is 10.2 Å². The summed E-state index contributed by atoms with van der Waals surface area (Å²) >= 11 is 5.94. The number of rotatable bonds is 2. The van der Waals surface area contributed by atoms with Gasteiger partial charge in [-0.25, -0.2) is 0 Å². The van der Waals surface area contributed by atoms with Crippen molar-refractivity contribution < 1.29 is 4.79 Å². The van der Waals surface area contributed by atoms with Crippen LogP contribution in [0.15, 0.2) is 0 Å². The van der Waals surface area contributed by atoms with Gasteiger partial charge >= 0.3 is 0 Å². The van der Waals surface area contributed by atoms with Gasteiger partial charge in [-0.3, -0.25) is 4.79 Å². The Morgan fingerprint density at radius 2 is 2.11 bits per heavy atom. The van der Waals surface area contributed by atoms with E-state index in [0.717, 1.165) is 36.5 Å². The topological polar surface area (TPSA) is 58.1 Å². The van der Waals surface area contributed by atoms with Crippen LogP contribution in [0.2, 0.25) is 5.15 Å². The molecule has 5 nitrogen and oxygen atoms in total. The van der Waals surface area contributed by atoms with E-state index >= 15 is 0 Å². The van der Waals surface area contributed by atoms with Crippen molar-refractivity contribution in [2.24, 2.45) is 0 Å². The summed E-state index contributed by atoms with van der Waals surface area (Å²) in [6.45, 7) is 7.13. The fraction of sp³-hybridized carbons (Fsp3) is 0.583. The van der Waals surface area contributed by atoms with Gasteiger partial charge in [-0.05, 0) is 31.4 Å². The van der Waals surface area contributed by atoms with Crippen LogP contribution in [0.3, 0.4) is 0 Å². The molecule has 1 aromatic rings. The summed E-state index contributed by atoms with van der Waals surface area (Å²) in [6, 6.07) is 0.194. The highest BCUT2D eigenvalue weighted by Gasteiger charge is 2.26. The fourth-order valence-corrected chi connectivity index (χ4v) is 2.40. The lowest BCUT2D eigenvalue weighted by molar-refractivity contribution is -0.119. The minimum Gasteiger partial charge on any atom is -0.353 e. The van der Waals surface area contributed by atoms with E-state index in [4.69, 9.17) is 11.6 Å². The van der Waals surface area contributed by atoms with E-state index in [2.05, 4.69) is 20.4 Å². The van der Waals surface area contributed by atoms with E-state index in [9.17, 15) is 4.79 Å². The van der Waals surface area contributed by atoms with Crippen molar-refractivity contribution in [2.75, 3.05) is 18.0 Å². The van der Waals surface area contributed by atoms with Crippen molar-refractivity contribution in [1.82, 2.24) is 15.5 Å². The maximum absolute atomic E-state index is 11.0. The van der Waals surface area contributed by atoms with E-state index in [1.54, 1.807) is 6.92 Å². The maximum atomic E-state index is 11.0. The van der Waals surface area contributed by atoms with Crippen molar-refractivity contribution >= 4 is 23.3 Å². The number of nitrogens with one attached hydrogen (secondary N) is 1. The first-order chi connectivity index (χ1) is 8.49. The molecule has 1 amide bonds. The zero-order chi connectivity index (χ0) is 13.3. The van der Waals surface area contributed by atoms with Gasteiger partial charge in [0, 0.05) is 26.1 Å². The Hall–Kier alpha value is -1.36. The minimum absolute atomic E-state index is 0.0111. The molecular formula is C12H17ClN4O. The second-order valence-electron chi connectivity index (χ2n) is 4.70. The molecule has 0 aromatic carbocycles. The average Bonchev–Trinajstić information content (AvgIpc) is 2.73. The number of carbonyl (C=O) groups excluding carboxylic acids is 1. The number of aromatic nitrogens is 2. The Morgan fingerprint density at radius 1 is 1.39 bits per heavy atom. The normalized spacial score (nSPS) is 19.1. The molecule has 1 atom stereocenters.